The zero-order valence-electron chi connectivity index (χ0n) is 7.79. The summed E-state index contributed by atoms with van der Waals surface area (Å²) in [5, 5.41) is 0. The number of hydrogen-bond donors (Lipinski definition) is 0. The van der Waals surface area contributed by atoms with Gasteiger partial charge >= 0.3 is 0 Å². The van der Waals surface area contributed by atoms with Crippen LogP contribution in [-0.4, -0.2) is 11.0 Å². The molecule has 0 spiro atoms. The third-order valence-corrected chi connectivity index (χ3v) is 1.86. The summed E-state index contributed by atoms with van der Waals surface area (Å²) in [5.41, 5.74) is 0. The highest BCUT2D eigenvalue weighted by atomic mass is 19.3. The number of unbranched alkanes of at least 4 members (excludes halogenated alkanes) is 1. The predicted octanol–water partition coefficient (Wildman–Crippen LogP) is 1.84. The maximum atomic E-state index is 12.0. The third kappa shape index (κ3) is 3.53. The van der Waals surface area contributed by atoms with Crippen LogP contribution in [0.25, 0.3) is 0 Å². The Bertz CT molecular complexity index is 246. The number of aryl methyl sites for hydroxylation is 1. The van der Waals surface area contributed by atoms with Gasteiger partial charge in [0.2, 0.25) is 6.33 Å². The summed E-state index contributed by atoms with van der Waals surface area (Å²) < 4.78 is 27.4. The summed E-state index contributed by atoms with van der Waals surface area (Å²) >= 11 is 0. The molecule has 1 rings (SSSR count). The summed E-state index contributed by atoms with van der Waals surface area (Å²) in [4.78, 5) is 0. The van der Waals surface area contributed by atoms with E-state index in [0.717, 1.165) is 19.4 Å². The summed E-state index contributed by atoms with van der Waals surface area (Å²) in [6.07, 6.45) is 5.17. The number of hydrogen-bond acceptors (Lipinski definition) is 0. The van der Waals surface area contributed by atoms with E-state index in [0.29, 0.717) is 0 Å². The molecule has 1 aromatic rings. The highest BCUT2D eigenvalue weighted by molar-refractivity contribution is 4.65. The van der Waals surface area contributed by atoms with Gasteiger partial charge in [0.1, 0.15) is 12.4 Å². The number of aromatic nitrogens is 2. The van der Waals surface area contributed by atoms with E-state index >= 15 is 0 Å². The van der Waals surface area contributed by atoms with E-state index < -0.39 is 6.43 Å². The van der Waals surface area contributed by atoms with Gasteiger partial charge in [0.15, 0.2) is 6.54 Å². The van der Waals surface area contributed by atoms with Crippen LogP contribution in [0.15, 0.2) is 18.7 Å². The van der Waals surface area contributed by atoms with Crippen molar-refractivity contribution in [3.8, 4) is 0 Å². The van der Waals surface area contributed by atoms with Crippen molar-refractivity contribution < 1.29 is 13.3 Å². The van der Waals surface area contributed by atoms with Crippen molar-refractivity contribution in [1.29, 1.82) is 0 Å². The van der Waals surface area contributed by atoms with E-state index in [1.807, 2.05) is 10.8 Å². The first kappa shape index (κ1) is 10.2. The van der Waals surface area contributed by atoms with Gasteiger partial charge in [-0.1, -0.05) is 13.3 Å². The van der Waals surface area contributed by atoms with Crippen molar-refractivity contribution in [2.45, 2.75) is 39.3 Å². The van der Waals surface area contributed by atoms with Crippen LogP contribution in [-0.2, 0) is 13.1 Å². The Kier molecular flexibility index (Phi) is 3.86. The molecule has 0 atom stereocenters. The summed E-state index contributed by atoms with van der Waals surface area (Å²) in [6.45, 7) is 2.81. The van der Waals surface area contributed by atoms with Crippen LogP contribution in [0.5, 0.6) is 0 Å². The lowest BCUT2D eigenvalue weighted by molar-refractivity contribution is -0.705. The lowest BCUT2D eigenvalue weighted by Gasteiger charge is -1.94. The van der Waals surface area contributed by atoms with Crippen molar-refractivity contribution in [3.63, 3.8) is 0 Å². The quantitative estimate of drug-likeness (QED) is 0.625. The van der Waals surface area contributed by atoms with Crippen molar-refractivity contribution in [2.24, 2.45) is 0 Å². The first-order valence-corrected chi connectivity index (χ1v) is 4.55. The molecule has 1 aromatic heterocycles. The zero-order valence-corrected chi connectivity index (χ0v) is 7.79. The summed E-state index contributed by atoms with van der Waals surface area (Å²) in [6, 6.07) is 0. The molecule has 0 aliphatic rings. The number of alkyl halides is 2. The minimum Gasteiger partial charge on any atom is -0.237 e. The highest BCUT2D eigenvalue weighted by Crippen LogP contribution is 1.95. The molecule has 0 radical (unpaired) electrons. The van der Waals surface area contributed by atoms with Gasteiger partial charge in [-0.15, -0.1) is 0 Å². The number of halogens is 2. The Morgan fingerprint density at radius 2 is 2.23 bits per heavy atom. The lowest BCUT2D eigenvalue weighted by atomic mass is 10.3. The topological polar surface area (TPSA) is 8.81 Å². The molecule has 0 amide bonds. The van der Waals surface area contributed by atoms with Gasteiger partial charge in [0.05, 0.1) is 6.54 Å². The summed E-state index contributed by atoms with van der Waals surface area (Å²) in [7, 11) is 0. The molecule has 1 heterocycles. The smallest absolute Gasteiger partial charge is 0.237 e. The van der Waals surface area contributed by atoms with Gasteiger partial charge < -0.3 is 0 Å². The lowest BCUT2D eigenvalue weighted by Crippen LogP contribution is -2.34. The molecule has 0 aromatic carbocycles. The number of imidazole rings is 1. The molecule has 0 aliphatic carbocycles. The van der Waals surface area contributed by atoms with Crippen LogP contribution in [0.3, 0.4) is 0 Å². The Labute approximate surface area is 76.8 Å². The third-order valence-electron chi connectivity index (χ3n) is 1.86. The van der Waals surface area contributed by atoms with Crippen LogP contribution in [0.1, 0.15) is 19.8 Å². The molecule has 4 heteroatoms. The second-order valence-electron chi connectivity index (χ2n) is 3.09. The fraction of sp³-hybridized carbons (Fsp3) is 0.667. The molecular formula is C9H15F2N2+. The van der Waals surface area contributed by atoms with Crippen molar-refractivity contribution in [2.75, 3.05) is 0 Å². The highest BCUT2D eigenvalue weighted by Gasteiger charge is 2.09. The van der Waals surface area contributed by atoms with E-state index in [-0.39, 0.29) is 6.54 Å². The van der Waals surface area contributed by atoms with E-state index in [4.69, 9.17) is 0 Å². The average molecular weight is 189 g/mol. The molecule has 0 aliphatic heterocycles. The van der Waals surface area contributed by atoms with Gasteiger partial charge in [-0.05, 0) is 6.42 Å². The SMILES string of the molecule is CCCCn1cc[n+](CC(F)F)c1. The monoisotopic (exact) mass is 189 g/mol. The minimum absolute atomic E-state index is 0.209. The van der Waals surface area contributed by atoms with Crippen LogP contribution in [0.4, 0.5) is 8.78 Å². The fourth-order valence-electron chi connectivity index (χ4n) is 1.18. The molecule has 0 fully saturated rings. The maximum absolute atomic E-state index is 12.0. The Morgan fingerprint density at radius 1 is 1.46 bits per heavy atom. The standard InChI is InChI=1S/C9H15F2N2/c1-2-3-4-12-5-6-13(8-12)7-9(10)11/h5-6,8-9H,2-4,7H2,1H3/q+1. The molecule has 0 N–H and O–H groups in total. The van der Waals surface area contributed by atoms with Crippen LogP contribution in [0.2, 0.25) is 0 Å². The van der Waals surface area contributed by atoms with Gasteiger partial charge in [0, 0.05) is 0 Å². The van der Waals surface area contributed by atoms with Gasteiger partial charge in [-0.3, -0.25) is 0 Å². The number of nitrogens with zero attached hydrogens (tertiary/aromatic N) is 2. The first-order chi connectivity index (χ1) is 6.22. The van der Waals surface area contributed by atoms with Gasteiger partial charge in [-0.25, -0.2) is 17.9 Å². The first-order valence-electron chi connectivity index (χ1n) is 4.55. The molecule has 0 saturated heterocycles. The van der Waals surface area contributed by atoms with Crippen molar-refractivity contribution in [3.05, 3.63) is 18.7 Å². The Hall–Kier alpha value is -0.930. The van der Waals surface area contributed by atoms with E-state index in [1.54, 1.807) is 12.5 Å². The largest absolute Gasteiger partial charge is 0.275 e. The molecule has 2 nitrogen and oxygen atoms in total. The van der Waals surface area contributed by atoms with Gasteiger partial charge in [-0.2, -0.15) is 0 Å². The maximum Gasteiger partial charge on any atom is 0.275 e. The molecule has 0 bridgehead atoms. The summed E-state index contributed by atoms with van der Waals surface area (Å²) in [5.74, 6) is 0. The molecular weight excluding hydrogens is 174 g/mol. The van der Waals surface area contributed by atoms with Crippen LogP contribution < -0.4 is 4.57 Å². The molecule has 13 heavy (non-hydrogen) atoms. The van der Waals surface area contributed by atoms with E-state index in [9.17, 15) is 8.78 Å². The predicted molar refractivity (Wildman–Crippen MR) is 45.5 cm³/mol. The second-order valence-corrected chi connectivity index (χ2v) is 3.09. The van der Waals surface area contributed by atoms with E-state index in [1.165, 1.54) is 4.57 Å². The van der Waals surface area contributed by atoms with E-state index in [2.05, 4.69) is 6.92 Å². The Morgan fingerprint density at radius 3 is 2.85 bits per heavy atom. The Balaban J connectivity index is 2.44. The molecule has 74 valence electrons. The molecule has 0 unspecified atom stereocenters. The zero-order chi connectivity index (χ0) is 9.68. The minimum atomic E-state index is -2.27. The molecule has 0 saturated carbocycles. The fourth-order valence-corrected chi connectivity index (χ4v) is 1.18. The van der Waals surface area contributed by atoms with Gasteiger partial charge in [0.25, 0.3) is 6.43 Å². The van der Waals surface area contributed by atoms with Crippen LogP contribution in [0, 0.1) is 0 Å². The van der Waals surface area contributed by atoms with Crippen molar-refractivity contribution >= 4 is 0 Å². The average Bonchev–Trinajstić information content (AvgIpc) is 2.48. The number of rotatable bonds is 5. The van der Waals surface area contributed by atoms with Crippen molar-refractivity contribution in [1.82, 2.24) is 4.57 Å². The van der Waals surface area contributed by atoms with Crippen LogP contribution >= 0.6 is 0 Å². The second kappa shape index (κ2) is 4.94. The normalized spacial score (nSPS) is 11.1.